The van der Waals surface area contributed by atoms with Gasteiger partial charge < -0.3 is 20.5 Å². The van der Waals surface area contributed by atoms with Crippen LogP contribution >= 0.6 is 23.2 Å². The number of benzene rings is 2. The highest BCUT2D eigenvalue weighted by molar-refractivity contribution is 7.79. The Labute approximate surface area is 261 Å². The fourth-order valence-electron chi connectivity index (χ4n) is 5.61. The van der Waals surface area contributed by atoms with Crippen LogP contribution in [-0.2, 0) is 35.1 Å². The highest BCUT2D eigenvalue weighted by Crippen LogP contribution is 2.37. The zero-order valence-corrected chi connectivity index (χ0v) is 25.9. The summed E-state index contributed by atoms with van der Waals surface area (Å²) >= 11 is 10.3. The third-order valence-electron chi connectivity index (χ3n) is 7.91. The van der Waals surface area contributed by atoms with Crippen molar-refractivity contribution in [3.63, 3.8) is 0 Å². The predicted molar refractivity (Wildman–Crippen MR) is 160 cm³/mol. The number of likely N-dealkylation sites (tertiary alicyclic amines) is 1. The van der Waals surface area contributed by atoms with Gasteiger partial charge in [0.25, 0.3) is 5.91 Å². The van der Waals surface area contributed by atoms with Crippen molar-refractivity contribution in [1.82, 2.24) is 20.9 Å². The number of piperidine rings is 2. The molecule has 2 amide bonds. The maximum atomic E-state index is 14.3. The quantitative estimate of drug-likeness (QED) is 0.266. The molecule has 2 aromatic carbocycles. The van der Waals surface area contributed by atoms with Gasteiger partial charge in [-0.15, -0.1) is 0 Å². The Morgan fingerprint density at radius 3 is 2.60 bits per heavy atom. The van der Waals surface area contributed by atoms with E-state index in [9.17, 15) is 31.5 Å². The Kier molecular flexibility index (Phi) is 11.5. The van der Waals surface area contributed by atoms with E-state index in [1.54, 1.807) is 12.1 Å². The molecule has 4 atom stereocenters. The summed E-state index contributed by atoms with van der Waals surface area (Å²) in [5.74, 6) is -0.875. The average Bonchev–Trinajstić information content (AvgIpc) is 2.96. The number of carbonyl (C=O) groups is 2. The minimum atomic E-state index is -4.77. The van der Waals surface area contributed by atoms with Crippen molar-refractivity contribution in [1.29, 1.82) is 0 Å². The van der Waals surface area contributed by atoms with E-state index in [4.69, 9.17) is 23.2 Å². The van der Waals surface area contributed by atoms with E-state index in [1.807, 2.05) is 4.90 Å². The number of alkyl halides is 3. The second-order valence-electron chi connectivity index (χ2n) is 11.0. The molecule has 43 heavy (non-hydrogen) atoms. The van der Waals surface area contributed by atoms with Crippen LogP contribution in [0.25, 0.3) is 0 Å². The van der Waals surface area contributed by atoms with Gasteiger partial charge in [-0.3, -0.25) is 14.5 Å². The molecule has 0 aromatic heterocycles. The molecule has 8 nitrogen and oxygen atoms in total. The molecule has 14 heteroatoms. The van der Waals surface area contributed by atoms with Gasteiger partial charge in [-0.2, -0.15) is 13.2 Å². The monoisotopic (exact) mass is 662 g/mol. The Morgan fingerprint density at radius 2 is 1.93 bits per heavy atom. The summed E-state index contributed by atoms with van der Waals surface area (Å²) in [6.45, 7) is 3.02. The number of nitrogens with zero attached hydrogens (tertiary/aromatic N) is 1. The van der Waals surface area contributed by atoms with Crippen LogP contribution < -0.4 is 16.0 Å². The molecule has 0 spiro atoms. The summed E-state index contributed by atoms with van der Waals surface area (Å²) < 4.78 is 63.9. The molecule has 0 aliphatic carbocycles. The smallest absolute Gasteiger partial charge is 0.351 e. The molecule has 0 bridgehead atoms. The molecule has 2 fully saturated rings. The van der Waals surface area contributed by atoms with Crippen molar-refractivity contribution in [2.24, 2.45) is 0 Å². The van der Waals surface area contributed by atoms with Crippen LogP contribution in [0.1, 0.15) is 76.9 Å². The van der Waals surface area contributed by atoms with E-state index in [1.165, 1.54) is 19.1 Å². The van der Waals surface area contributed by atoms with Crippen molar-refractivity contribution in [2.75, 3.05) is 19.6 Å². The minimum Gasteiger partial charge on any atom is -0.351 e. The molecule has 2 saturated heterocycles. The van der Waals surface area contributed by atoms with Gasteiger partial charge in [-0.25, -0.2) is 4.21 Å². The zero-order chi connectivity index (χ0) is 31.3. The maximum absolute atomic E-state index is 14.3. The summed E-state index contributed by atoms with van der Waals surface area (Å²) in [7, 11) is 0. The Balaban J connectivity index is 1.48. The first kappa shape index (κ1) is 33.7. The number of amides is 2. The first-order valence-corrected chi connectivity index (χ1v) is 16.1. The molecule has 0 radical (unpaired) electrons. The van der Waals surface area contributed by atoms with Crippen molar-refractivity contribution < 1.29 is 31.5 Å². The normalized spacial score (nSPS) is 21.2. The highest BCUT2D eigenvalue weighted by atomic mass is 35.5. The first-order chi connectivity index (χ1) is 20.3. The molecule has 2 heterocycles. The van der Waals surface area contributed by atoms with Gasteiger partial charge >= 0.3 is 6.18 Å². The van der Waals surface area contributed by atoms with Crippen LogP contribution in [0.5, 0.6) is 0 Å². The van der Waals surface area contributed by atoms with Crippen LogP contribution in [0, 0.1) is 0 Å². The van der Waals surface area contributed by atoms with Gasteiger partial charge in [0.15, 0.2) is 11.1 Å². The lowest BCUT2D eigenvalue weighted by molar-refractivity contribution is -0.138. The fraction of sp³-hybridized carbons (Fsp3) is 0.517. The van der Waals surface area contributed by atoms with Crippen molar-refractivity contribution in [3.05, 3.63) is 68.2 Å². The molecule has 4 rings (SSSR count). The molecule has 2 aromatic rings. The molecule has 0 saturated carbocycles. The van der Waals surface area contributed by atoms with Gasteiger partial charge in [0.05, 0.1) is 16.9 Å². The van der Waals surface area contributed by atoms with Gasteiger partial charge in [0, 0.05) is 41.3 Å². The summed E-state index contributed by atoms with van der Waals surface area (Å²) in [4.78, 5) is 27.5. The van der Waals surface area contributed by atoms with Crippen molar-refractivity contribution in [2.45, 2.75) is 75.6 Å². The predicted octanol–water partition coefficient (Wildman–Crippen LogP) is 5.45. The summed E-state index contributed by atoms with van der Waals surface area (Å²) in [6.07, 6.45) is -0.575. The van der Waals surface area contributed by atoms with Crippen LogP contribution in [-0.4, -0.2) is 57.2 Å². The van der Waals surface area contributed by atoms with E-state index in [0.29, 0.717) is 35.7 Å². The minimum absolute atomic E-state index is 0.0834. The summed E-state index contributed by atoms with van der Waals surface area (Å²) in [5, 5.41) is 8.20. The zero-order valence-electron chi connectivity index (χ0n) is 23.6. The van der Waals surface area contributed by atoms with E-state index in [0.717, 1.165) is 38.3 Å². The number of hydrogen-bond acceptors (Lipinski definition) is 5. The van der Waals surface area contributed by atoms with Gasteiger partial charge in [-0.1, -0.05) is 35.7 Å². The Morgan fingerprint density at radius 1 is 1.16 bits per heavy atom. The van der Waals surface area contributed by atoms with E-state index < -0.39 is 34.0 Å². The van der Waals surface area contributed by atoms with Crippen LogP contribution in [0.4, 0.5) is 13.2 Å². The third-order valence-corrected chi connectivity index (χ3v) is 9.34. The van der Waals surface area contributed by atoms with E-state index in [-0.39, 0.29) is 47.2 Å². The maximum Gasteiger partial charge on any atom is 0.416 e. The molecule has 4 N–H and O–H groups in total. The van der Waals surface area contributed by atoms with Crippen molar-refractivity contribution in [3.8, 4) is 0 Å². The lowest BCUT2D eigenvalue weighted by Gasteiger charge is -2.35. The number of rotatable bonds is 9. The number of nitrogens with one attached hydrogen (secondary N) is 3. The molecular weight excluding hydrogens is 628 g/mol. The summed E-state index contributed by atoms with van der Waals surface area (Å²) in [5.41, 5.74) is -0.480. The second-order valence-corrected chi connectivity index (χ2v) is 13.1. The fourth-order valence-corrected chi connectivity index (χ4v) is 6.53. The number of halogens is 5. The Bertz CT molecular complexity index is 1360. The van der Waals surface area contributed by atoms with Gasteiger partial charge in [0.2, 0.25) is 5.91 Å². The Hall–Kier alpha value is -2.22. The molecule has 2 unspecified atom stereocenters. The lowest BCUT2D eigenvalue weighted by atomic mass is 9.99. The molecule has 236 valence electrons. The third kappa shape index (κ3) is 8.92. The molecule has 2 aliphatic heterocycles. The van der Waals surface area contributed by atoms with Gasteiger partial charge in [-0.05, 0) is 86.7 Å². The average molecular weight is 664 g/mol. The van der Waals surface area contributed by atoms with Crippen LogP contribution in [0.3, 0.4) is 0 Å². The molecule has 2 aliphatic rings. The first-order valence-electron chi connectivity index (χ1n) is 14.2. The summed E-state index contributed by atoms with van der Waals surface area (Å²) in [6, 6.07) is 6.21. The SMILES string of the molecule is CC(c1ccc(Cl)cc1CNC(=O)c1cc(Cl)c(CN2CCC[C@H](NC(=O)[C@@H]3CCCCN3)C2)c(C(F)(F)F)c1)S(=O)O. The lowest BCUT2D eigenvalue weighted by Crippen LogP contribution is -2.53. The standard InChI is InChI=1S/C29H35Cl2F3N4O4S/c1-17(43(41)42)22-8-7-20(30)11-19(22)14-36-27(39)18-12-24(29(32,33)34)23(25(31)13-18)16-38-10-4-5-21(15-38)37-28(40)26-6-2-3-9-35-26/h7-8,11-13,17,21,26,35H,2-6,9-10,14-16H2,1H3,(H,36,39)(H,37,40)(H,41,42)/t17?,21-,26-/m0/s1. The molecular formula is C29H35Cl2F3N4O4S. The number of hydrogen-bond donors (Lipinski definition) is 4. The van der Waals surface area contributed by atoms with Gasteiger partial charge in [0.1, 0.15) is 0 Å². The van der Waals surface area contributed by atoms with E-state index >= 15 is 0 Å². The number of carbonyl (C=O) groups excluding carboxylic acids is 2. The van der Waals surface area contributed by atoms with E-state index in [2.05, 4.69) is 16.0 Å². The van der Waals surface area contributed by atoms with Crippen LogP contribution in [0.15, 0.2) is 30.3 Å². The highest BCUT2D eigenvalue weighted by Gasteiger charge is 2.36. The largest absolute Gasteiger partial charge is 0.416 e. The topological polar surface area (TPSA) is 111 Å². The van der Waals surface area contributed by atoms with Crippen LogP contribution in [0.2, 0.25) is 10.0 Å². The second kappa shape index (κ2) is 14.7. The van der Waals surface area contributed by atoms with Crippen molar-refractivity contribution >= 4 is 46.1 Å².